The number of amides is 2. The standard InChI is InChI=1S/C20H23N7O3/c1-11(2)8-15(17(21)28)24-13-9-14(16(18(22)29)23-10-13)25-20-26-19(27-30-20)12-6-4-3-5-7-12/h3-7,9-11,15,24H,8H2,1-2H3,(H2,21,28)(H2,22,29)(H,25,26,27). The molecule has 0 saturated heterocycles. The molecule has 0 saturated carbocycles. The predicted molar refractivity (Wildman–Crippen MR) is 112 cm³/mol. The molecule has 6 N–H and O–H groups in total. The summed E-state index contributed by atoms with van der Waals surface area (Å²) < 4.78 is 5.22. The molecule has 10 nitrogen and oxygen atoms in total. The molecule has 0 radical (unpaired) electrons. The smallest absolute Gasteiger partial charge is 0.326 e. The minimum atomic E-state index is -0.736. The van der Waals surface area contributed by atoms with Crippen LogP contribution in [0.25, 0.3) is 11.4 Å². The van der Waals surface area contributed by atoms with Gasteiger partial charge in [-0.3, -0.25) is 9.59 Å². The first-order chi connectivity index (χ1) is 14.3. The maximum Gasteiger partial charge on any atom is 0.326 e. The van der Waals surface area contributed by atoms with Gasteiger partial charge in [-0.05, 0) is 18.4 Å². The predicted octanol–water partition coefficient (Wildman–Crippen LogP) is 2.29. The zero-order valence-electron chi connectivity index (χ0n) is 16.6. The van der Waals surface area contributed by atoms with Gasteiger partial charge in [0.25, 0.3) is 5.91 Å². The normalized spacial score (nSPS) is 11.8. The second-order valence-electron chi connectivity index (χ2n) is 7.13. The average molecular weight is 409 g/mol. The summed E-state index contributed by atoms with van der Waals surface area (Å²) in [6.45, 7) is 3.97. The van der Waals surface area contributed by atoms with Crippen molar-refractivity contribution in [3.63, 3.8) is 0 Å². The van der Waals surface area contributed by atoms with Crippen molar-refractivity contribution in [3.05, 3.63) is 48.3 Å². The molecular weight excluding hydrogens is 386 g/mol. The van der Waals surface area contributed by atoms with Gasteiger partial charge in [-0.25, -0.2) is 4.98 Å². The van der Waals surface area contributed by atoms with Crippen LogP contribution in [0.4, 0.5) is 17.4 Å². The van der Waals surface area contributed by atoms with E-state index in [1.807, 2.05) is 44.2 Å². The zero-order valence-corrected chi connectivity index (χ0v) is 16.6. The maximum atomic E-state index is 11.8. The summed E-state index contributed by atoms with van der Waals surface area (Å²) in [5.41, 5.74) is 12.4. The second-order valence-corrected chi connectivity index (χ2v) is 7.13. The highest BCUT2D eigenvalue weighted by atomic mass is 16.5. The summed E-state index contributed by atoms with van der Waals surface area (Å²) in [5.74, 6) is -0.589. The molecule has 0 spiro atoms. The van der Waals surface area contributed by atoms with E-state index in [9.17, 15) is 9.59 Å². The summed E-state index contributed by atoms with van der Waals surface area (Å²) in [7, 11) is 0. The Bertz CT molecular complexity index is 1030. The van der Waals surface area contributed by atoms with Gasteiger partial charge in [-0.2, -0.15) is 4.98 Å². The van der Waals surface area contributed by atoms with Crippen molar-refractivity contribution in [3.8, 4) is 11.4 Å². The third-order valence-corrected chi connectivity index (χ3v) is 4.21. The molecule has 3 aromatic rings. The van der Waals surface area contributed by atoms with E-state index >= 15 is 0 Å². The van der Waals surface area contributed by atoms with Crippen LogP contribution in [0, 0.1) is 5.92 Å². The van der Waals surface area contributed by atoms with E-state index in [1.165, 1.54) is 6.20 Å². The van der Waals surface area contributed by atoms with E-state index in [1.54, 1.807) is 6.07 Å². The number of nitrogens with zero attached hydrogens (tertiary/aromatic N) is 3. The number of benzene rings is 1. The fourth-order valence-electron chi connectivity index (χ4n) is 2.85. The minimum absolute atomic E-state index is 0.0144. The van der Waals surface area contributed by atoms with Crippen molar-refractivity contribution < 1.29 is 14.1 Å². The molecule has 0 aliphatic rings. The van der Waals surface area contributed by atoms with Gasteiger partial charge in [0, 0.05) is 5.56 Å². The molecule has 0 bridgehead atoms. The van der Waals surface area contributed by atoms with Gasteiger partial charge < -0.3 is 26.6 Å². The lowest BCUT2D eigenvalue weighted by Gasteiger charge is -2.19. The molecule has 156 valence electrons. The Morgan fingerprint density at radius 1 is 1.17 bits per heavy atom. The van der Waals surface area contributed by atoms with Gasteiger partial charge in [-0.1, -0.05) is 49.3 Å². The van der Waals surface area contributed by atoms with Gasteiger partial charge in [0.2, 0.25) is 11.7 Å². The molecule has 30 heavy (non-hydrogen) atoms. The highest BCUT2D eigenvalue weighted by Gasteiger charge is 2.19. The number of hydrogen-bond donors (Lipinski definition) is 4. The van der Waals surface area contributed by atoms with Crippen molar-refractivity contribution in [2.75, 3.05) is 10.6 Å². The van der Waals surface area contributed by atoms with Crippen molar-refractivity contribution in [2.24, 2.45) is 17.4 Å². The molecule has 0 fully saturated rings. The minimum Gasteiger partial charge on any atom is -0.372 e. The Hall–Kier alpha value is -3.95. The zero-order chi connectivity index (χ0) is 21.7. The third-order valence-electron chi connectivity index (χ3n) is 4.21. The molecule has 1 atom stereocenters. The Kier molecular flexibility index (Phi) is 6.26. The molecule has 2 amide bonds. The maximum absolute atomic E-state index is 11.8. The van der Waals surface area contributed by atoms with Gasteiger partial charge in [0.1, 0.15) is 6.04 Å². The third kappa shape index (κ3) is 5.10. The SMILES string of the molecule is CC(C)CC(Nc1cnc(C(N)=O)c(Nc2nc(-c3ccccc3)no2)c1)C(N)=O. The summed E-state index contributed by atoms with van der Waals surface area (Å²) in [5, 5.41) is 9.83. The molecule has 3 rings (SSSR count). The highest BCUT2D eigenvalue weighted by Crippen LogP contribution is 2.25. The van der Waals surface area contributed by atoms with Crippen LogP contribution in [0.3, 0.4) is 0 Å². The first-order valence-electron chi connectivity index (χ1n) is 9.35. The van der Waals surface area contributed by atoms with Crippen molar-refractivity contribution >= 4 is 29.2 Å². The fourth-order valence-corrected chi connectivity index (χ4v) is 2.85. The largest absolute Gasteiger partial charge is 0.372 e. The lowest BCUT2D eigenvalue weighted by Crippen LogP contribution is -2.36. The number of nitrogens with one attached hydrogen (secondary N) is 2. The van der Waals surface area contributed by atoms with Crippen LogP contribution in [0.1, 0.15) is 30.8 Å². The Labute approximate surface area is 173 Å². The van der Waals surface area contributed by atoms with Gasteiger partial charge in [0.15, 0.2) is 5.69 Å². The number of carbonyl (C=O) groups is 2. The van der Waals surface area contributed by atoms with Crippen LogP contribution >= 0.6 is 0 Å². The first kappa shape index (κ1) is 20.8. The van der Waals surface area contributed by atoms with E-state index < -0.39 is 17.9 Å². The molecule has 1 aromatic carbocycles. The van der Waals surface area contributed by atoms with Gasteiger partial charge in [0.05, 0.1) is 17.6 Å². The number of nitrogens with two attached hydrogens (primary N) is 2. The Balaban J connectivity index is 1.86. The summed E-state index contributed by atoms with van der Waals surface area (Å²) >= 11 is 0. The number of primary amides is 2. The van der Waals surface area contributed by atoms with Crippen LogP contribution in [0.5, 0.6) is 0 Å². The van der Waals surface area contributed by atoms with Crippen molar-refractivity contribution in [1.29, 1.82) is 0 Å². The number of hydrogen-bond acceptors (Lipinski definition) is 8. The number of rotatable bonds is 9. The lowest BCUT2D eigenvalue weighted by molar-refractivity contribution is -0.119. The van der Waals surface area contributed by atoms with Crippen molar-refractivity contribution in [2.45, 2.75) is 26.3 Å². The number of anilines is 3. The van der Waals surface area contributed by atoms with Crippen LogP contribution in [0.15, 0.2) is 47.1 Å². The molecule has 1 unspecified atom stereocenters. The molecule has 0 aliphatic carbocycles. The summed E-state index contributed by atoms with van der Waals surface area (Å²) in [4.78, 5) is 31.9. The number of carbonyl (C=O) groups excluding carboxylic acids is 2. The average Bonchev–Trinajstić information content (AvgIpc) is 3.16. The summed E-state index contributed by atoms with van der Waals surface area (Å²) in [6, 6.07) is 10.3. The molecule has 2 heterocycles. The van der Waals surface area contributed by atoms with Gasteiger partial charge in [-0.15, -0.1) is 0 Å². The summed E-state index contributed by atoms with van der Waals surface area (Å²) in [6.07, 6.45) is 1.95. The second kappa shape index (κ2) is 9.03. The number of aromatic nitrogens is 3. The van der Waals surface area contributed by atoms with E-state index in [0.29, 0.717) is 17.9 Å². The molecule has 0 aliphatic heterocycles. The first-order valence-corrected chi connectivity index (χ1v) is 9.35. The molecular formula is C20H23N7O3. The van der Waals surface area contributed by atoms with E-state index in [2.05, 4.69) is 25.8 Å². The van der Waals surface area contributed by atoms with Crippen LogP contribution in [0.2, 0.25) is 0 Å². The van der Waals surface area contributed by atoms with Gasteiger partial charge >= 0.3 is 6.01 Å². The van der Waals surface area contributed by atoms with E-state index in [4.69, 9.17) is 16.0 Å². The monoisotopic (exact) mass is 409 g/mol. The Morgan fingerprint density at radius 3 is 2.53 bits per heavy atom. The van der Waals surface area contributed by atoms with Crippen LogP contribution in [-0.2, 0) is 4.79 Å². The molecule has 2 aromatic heterocycles. The number of pyridine rings is 1. The molecule has 10 heteroatoms. The van der Waals surface area contributed by atoms with Crippen LogP contribution in [-0.4, -0.2) is 33.0 Å². The van der Waals surface area contributed by atoms with Crippen LogP contribution < -0.4 is 22.1 Å². The lowest BCUT2D eigenvalue weighted by atomic mass is 10.0. The van der Waals surface area contributed by atoms with Crippen molar-refractivity contribution in [1.82, 2.24) is 15.1 Å². The van der Waals surface area contributed by atoms with E-state index in [0.717, 1.165) is 5.56 Å². The fraction of sp³-hybridized carbons (Fsp3) is 0.250. The Morgan fingerprint density at radius 2 is 1.90 bits per heavy atom. The topological polar surface area (TPSA) is 162 Å². The quantitative estimate of drug-likeness (QED) is 0.418. The van der Waals surface area contributed by atoms with E-state index in [-0.39, 0.29) is 23.3 Å². The highest BCUT2D eigenvalue weighted by molar-refractivity contribution is 5.97.